The summed E-state index contributed by atoms with van der Waals surface area (Å²) in [6.07, 6.45) is 1.89. The minimum absolute atomic E-state index is 0.235. The number of benzene rings is 1. The molecular weight excluding hydrogens is 246 g/mol. The fourth-order valence-electron chi connectivity index (χ4n) is 2.10. The molecule has 1 atom stereocenters. The first-order chi connectivity index (χ1) is 9.40. The highest BCUT2D eigenvalue weighted by molar-refractivity contribution is 5.41. The van der Waals surface area contributed by atoms with Gasteiger partial charge in [-0.1, -0.05) is 23.4 Å². The summed E-state index contributed by atoms with van der Waals surface area (Å²) in [7, 11) is 0. The Morgan fingerprint density at radius 1 is 1.26 bits per heavy atom. The highest BCUT2D eigenvalue weighted by atomic mass is 16.5. The molecular formula is C12H9N5O2. The van der Waals surface area contributed by atoms with Crippen LogP contribution in [0.5, 0.6) is 5.75 Å². The SMILES string of the molecule is c1ccc2c(c1)CC(c1nc(-c3ncn[nH]3)no1)O2. The topological polar surface area (TPSA) is 89.7 Å². The Morgan fingerprint density at radius 3 is 3.05 bits per heavy atom. The van der Waals surface area contributed by atoms with Crippen LogP contribution in [0.15, 0.2) is 35.1 Å². The number of H-pyrrole nitrogens is 1. The first-order valence-electron chi connectivity index (χ1n) is 5.84. The average Bonchev–Trinajstić information content (AvgIpc) is 3.17. The van der Waals surface area contributed by atoms with Crippen molar-refractivity contribution < 1.29 is 9.26 Å². The molecule has 1 aliphatic heterocycles. The summed E-state index contributed by atoms with van der Waals surface area (Å²) in [5.41, 5.74) is 1.15. The average molecular weight is 255 g/mol. The summed E-state index contributed by atoms with van der Waals surface area (Å²) in [5, 5.41) is 10.3. The molecule has 7 nitrogen and oxygen atoms in total. The van der Waals surface area contributed by atoms with E-state index in [0.717, 1.165) is 17.7 Å². The van der Waals surface area contributed by atoms with Gasteiger partial charge in [-0.25, -0.2) is 4.98 Å². The zero-order valence-electron chi connectivity index (χ0n) is 9.78. The van der Waals surface area contributed by atoms with Crippen LogP contribution in [0.2, 0.25) is 0 Å². The second-order valence-corrected chi connectivity index (χ2v) is 4.21. The van der Waals surface area contributed by atoms with Crippen LogP contribution < -0.4 is 4.74 Å². The maximum Gasteiger partial charge on any atom is 0.268 e. The standard InChI is InChI=1S/C12H9N5O2/c1-2-4-8-7(3-1)5-9(18-8)12-15-11(17-19-12)10-13-6-14-16-10/h1-4,6,9H,5H2,(H,13,14,16). The predicted octanol–water partition coefficient (Wildman–Crippen LogP) is 1.53. The van der Waals surface area contributed by atoms with Gasteiger partial charge < -0.3 is 9.26 Å². The number of fused-ring (bicyclic) bond motifs is 1. The molecule has 0 bridgehead atoms. The molecule has 0 aliphatic carbocycles. The molecule has 0 radical (unpaired) electrons. The first kappa shape index (κ1) is 10.2. The highest BCUT2D eigenvalue weighted by Gasteiger charge is 2.29. The Hall–Kier alpha value is -2.70. The third-order valence-corrected chi connectivity index (χ3v) is 2.99. The molecule has 1 N–H and O–H groups in total. The van der Waals surface area contributed by atoms with E-state index in [1.54, 1.807) is 0 Å². The summed E-state index contributed by atoms with van der Waals surface area (Å²) >= 11 is 0. The van der Waals surface area contributed by atoms with Gasteiger partial charge in [0.15, 0.2) is 11.9 Å². The van der Waals surface area contributed by atoms with Crippen molar-refractivity contribution in [3.8, 4) is 17.4 Å². The number of hydrogen-bond acceptors (Lipinski definition) is 6. The molecule has 3 heterocycles. The molecule has 4 rings (SSSR count). The minimum Gasteiger partial charge on any atom is -0.480 e. The number of ether oxygens (including phenoxy) is 1. The van der Waals surface area contributed by atoms with Crippen molar-refractivity contribution in [1.29, 1.82) is 0 Å². The van der Waals surface area contributed by atoms with Crippen molar-refractivity contribution in [1.82, 2.24) is 25.3 Å². The van der Waals surface area contributed by atoms with Gasteiger partial charge in [0.05, 0.1) is 0 Å². The van der Waals surface area contributed by atoms with E-state index in [9.17, 15) is 0 Å². The highest BCUT2D eigenvalue weighted by Crippen LogP contribution is 2.35. The van der Waals surface area contributed by atoms with E-state index in [4.69, 9.17) is 9.26 Å². The third kappa shape index (κ3) is 1.67. The van der Waals surface area contributed by atoms with Crippen molar-refractivity contribution >= 4 is 0 Å². The normalized spacial score (nSPS) is 17.2. The van der Waals surface area contributed by atoms with Crippen LogP contribution in [0, 0.1) is 0 Å². The van der Waals surface area contributed by atoms with Crippen molar-refractivity contribution in [3.05, 3.63) is 42.0 Å². The van der Waals surface area contributed by atoms with Gasteiger partial charge in [0.25, 0.3) is 5.89 Å². The second kappa shape index (κ2) is 3.91. The molecule has 2 aromatic heterocycles. The van der Waals surface area contributed by atoms with Crippen LogP contribution in [0.25, 0.3) is 11.6 Å². The van der Waals surface area contributed by atoms with E-state index in [1.807, 2.05) is 24.3 Å². The molecule has 19 heavy (non-hydrogen) atoms. The molecule has 94 valence electrons. The summed E-state index contributed by atoms with van der Waals surface area (Å²) in [4.78, 5) is 8.25. The molecule has 0 saturated heterocycles. The summed E-state index contributed by atoms with van der Waals surface area (Å²) in [5.74, 6) is 2.17. The van der Waals surface area contributed by atoms with E-state index in [2.05, 4.69) is 25.3 Å². The van der Waals surface area contributed by atoms with Crippen LogP contribution in [-0.2, 0) is 6.42 Å². The maximum absolute atomic E-state index is 5.78. The number of nitrogens with one attached hydrogen (secondary N) is 1. The van der Waals surface area contributed by atoms with Gasteiger partial charge in [0.1, 0.15) is 12.1 Å². The number of aromatic amines is 1. The van der Waals surface area contributed by atoms with Crippen molar-refractivity contribution in [2.45, 2.75) is 12.5 Å². The number of rotatable bonds is 2. The van der Waals surface area contributed by atoms with Crippen molar-refractivity contribution in [2.24, 2.45) is 0 Å². The summed E-state index contributed by atoms with van der Waals surface area (Å²) < 4.78 is 11.0. The van der Waals surface area contributed by atoms with Gasteiger partial charge in [-0.2, -0.15) is 10.1 Å². The molecule has 0 fully saturated rings. The van der Waals surface area contributed by atoms with Crippen molar-refractivity contribution in [3.63, 3.8) is 0 Å². The number of para-hydroxylation sites is 1. The second-order valence-electron chi connectivity index (χ2n) is 4.21. The van der Waals surface area contributed by atoms with Crippen LogP contribution in [0.4, 0.5) is 0 Å². The smallest absolute Gasteiger partial charge is 0.268 e. The molecule has 1 unspecified atom stereocenters. The molecule has 1 aliphatic rings. The van der Waals surface area contributed by atoms with Crippen molar-refractivity contribution in [2.75, 3.05) is 0 Å². The third-order valence-electron chi connectivity index (χ3n) is 2.99. The van der Waals surface area contributed by atoms with Gasteiger partial charge >= 0.3 is 0 Å². The quantitative estimate of drug-likeness (QED) is 0.746. The fraction of sp³-hybridized carbons (Fsp3) is 0.167. The zero-order valence-corrected chi connectivity index (χ0v) is 9.78. The zero-order chi connectivity index (χ0) is 12.7. The Balaban J connectivity index is 1.62. The lowest BCUT2D eigenvalue weighted by Crippen LogP contribution is -2.03. The van der Waals surface area contributed by atoms with E-state index in [0.29, 0.717) is 17.5 Å². The molecule has 0 amide bonds. The Bertz CT molecular complexity index is 682. The van der Waals surface area contributed by atoms with E-state index in [-0.39, 0.29) is 6.10 Å². The van der Waals surface area contributed by atoms with Crippen LogP contribution in [0.3, 0.4) is 0 Å². The lowest BCUT2D eigenvalue weighted by Gasteiger charge is -2.03. The molecule has 0 spiro atoms. The van der Waals surface area contributed by atoms with Crippen LogP contribution in [0.1, 0.15) is 17.6 Å². The van der Waals surface area contributed by atoms with Gasteiger partial charge in [-0.05, 0) is 11.6 Å². The van der Waals surface area contributed by atoms with E-state index in [1.165, 1.54) is 6.33 Å². The van der Waals surface area contributed by atoms with E-state index < -0.39 is 0 Å². The molecule has 1 aromatic carbocycles. The van der Waals surface area contributed by atoms with Crippen LogP contribution in [-0.4, -0.2) is 25.3 Å². The minimum atomic E-state index is -0.235. The molecule has 3 aromatic rings. The van der Waals surface area contributed by atoms with Gasteiger partial charge in [-0.3, -0.25) is 5.10 Å². The van der Waals surface area contributed by atoms with E-state index >= 15 is 0 Å². The monoisotopic (exact) mass is 255 g/mol. The predicted molar refractivity (Wildman–Crippen MR) is 63.2 cm³/mol. The summed E-state index contributed by atoms with van der Waals surface area (Å²) in [6.45, 7) is 0. The lowest BCUT2D eigenvalue weighted by molar-refractivity contribution is 0.183. The summed E-state index contributed by atoms with van der Waals surface area (Å²) in [6, 6.07) is 7.89. The Morgan fingerprint density at radius 2 is 2.21 bits per heavy atom. The first-order valence-corrected chi connectivity index (χ1v) is 5.84. The Labute approximate surface area is 107 Å². The van der Waals surface area contributed by atoms with Gasteiger partial charge in [0, 0.05) is 6.42 Å². The van der Waals surface area contributed by atoms with Crippen LogP contribution >= 0.6 is 0 Å². The number of hydrogen-bond donors (Lipinski definition) is 1. The maximum atomic E-state index is 5.78. The fourth-order valence-corrected chi connectivity index (χ4v) is 2.10. The number of aromatic nitrogens is 5. The lowest BCUT2D eigenvalue weighted by atomic mass is 10.1. The number of nitrogens with zero attached hydrogens (tertiary/aromatic N) is 4. The van der Waals surface area contributed by atoms with Gasteiger partial charge in [0.2, 0.25) is 5.82 Å². The van der Waals surface area contributed by atoms with Gasteiger partial charge in [-0.15, -0.1) is 0 Å². The Kier molecular flexibility index (Phi) is 2.11. The molecule has 7 heteroatoms. The largest absolute Gasteiger partial charge is 0.480 e. The molecule has 0 saturated carbocycles.